The summed E-state index contributed by atoms with van der Waals surface area (Å²) in [4.78, 5) is 14.7. The third kappa shape index (κ3) is 4.20. The SMILES string of the molecule is CC1CC1NC1CCCC1C1CCCCN1C(=O)OC(C)(C)C. The normalized spacial score (nSPS) is 37.7. The van der Waals surface area contributed by atoms with Crippen LogP contribution in [0.25, 0.3) is 0 Å². The molecule has 1 aliphatic heterocycles. The standard InChI is InChI=1S/C19H34N2O2/c1-13-12-16(13)20-15-9-7-8-14(15)17-10-5-6-11-21(17)18(22)23-19(2,3)4/h13-17,20H,5-12H2,1-4H3. The van der Waals surface area contributed by atoms with Gasteiger partial charge in [-0.3, -0.25) is 0 Å². The van der Waals surface area contributed by atoms with Gasteiger partial charge in [-0.25, -0.2) is 4.79 Å². The van der Waals surface area contributed by atoms with Crippen LogP contribution in [0.5, 0.6) is 0 Å². The summed E-state index contributed by atoms with van der Waals surface area (Å²) in [5.41, 5.74) is -0.407. The minimum atomic E-state index is -0.407. The molecule has 0 aromatic rings. The first-order chi connectivity index (χ1) is 10.8. The fourth-order valence-electron chi connectivity index (χ4n) is 4.44. The van der Waals surface area contributed by atoms with Gasteiger partial charge in [-0.05, 0) is 71.1 Å². The Morgan fingerprint density at radius 3 is 2.48 bits per heavy atom. The maximum Gasteiger partial charge on any atom is 0.410 e. The first kappa shape index (κ1) is 17.1. The molecule has 0 radical (unpaired) electrons. The molecule has 2 aliphatic carbocycles. The van der Waals surface area contributed by atoms with E-state index in [1.807, 2.05) is 20.8 Å². The molecule has 4 nitrogen and oxygen atoms in total. The van der Waals surface area contributed by atoms with E-state index in [-0.39, 0.29) is 6.09 Å². The van der Waals surface area contributed by atoms with Gasteiger partial charge in [0.2, 0.25) is 0 Å². The van der Waals surface area contributed by atoms with E-state index in [0.29, 0.717) is 18.0 Å². The van der Waals surface area contributed by atoms with Gasteiger partial charge in [-0.1, -0.05) is 13.3 Å². The van der Waals surface area contributed by atoms with Crippen molar-refractivity contribution in [2.24, 2.45) is 11.8 Å². The Kier molecular flexibility index (Phi) is 4.91. The molecule has 2 saturated carbocycles. The number of carbonyl (C=O) groups excluding carboxylic acids is 1. The smallest absolute Gasteiger partial charge is 0.410 e. The Labute approximate surface area is 141 Å². The molecule has 0 spiro atoms. The third-order valence-corrected chi connectivity index (χ3v) is 5.78. The average Bonchev–Trinajstić information content (AvgIpc) is 2.97. The van der Waals surface area contributed by atoms with Crippen molar-refractivity contribution in [2.75, 3.05) is 6.54 Å². The molecule has 0 aromatic heterocycles. The molecule has 1 amide bonds. The summed E-state index contributed by atoms with van der Waals surface area (Å²) in [6, 6.07) is 1.69. The van der Waals surface area contributed by atoms with Crippen LogP contribution in [0.3, 0.4) is 0 Å². The fourth-order valence-corrected chi connectivity index (χ4v) is 4.44. The largest absolute Gasteiger partial charge is 0.444 e. The second-order valence-electron chi connectivity index (χ2n) is 8.92. The third-order valence-electron chi connectivity index (χ3n) is 5.78. The molecular weight excluding hydrogens is 288 g/mol. The quantitative estimate of drug-likeness (QED) is 0.855. The molecule has 3 fully saturated rings. The maximum absolute atomic E-state index is 12.7. The number of ether oxygens (including phenoxy) is 1. The molecule has 23 heavy (non-hydrogen) atoms. The summed E-state index contributed by atoms with van der Waals surface area (Å²) in [5.74, 6) is 1.44. The van der Waals surface area contributed by atoms with Gasteiger partial charge in [0.1, 0.15) is 5.60 Å². The number of likely N-dealkylation sites (tertiary alicyclic amines) is 1. The van der Waals surface area contributed by atoms with Crippen molar-refractivity contribution in [3.05, 3.63) is 0 Å². The van der Waals surface area contributed by atoms with E-state index in [4.69, 9.17) is 4.74 Å². The monoisotopic (exact) mass is 322 g/mol. The van der Waals surface area contributed by atoms with E-state index >= 15 is 0 Å². The van der Waals surface area contributed by atoms with E-state index in [9.17, 15) is 4.79 Å². The highest BCUT2D eigenvalue weighted by molar-refractivity contribution is 5.68. The predicted molar refractivity (Wildman–Crippen MR) is 92.4 cm³/mol. The first-order valence-corrected chi connectivity index (χ1v) is 9.61. The van der Waals surface area contributed by atoms with Crippen molar-refractivity contribution >= 4 is 6.09 Å². The number of hydrogen-bond donors (Lipinski definition) is 1. The van der Waals surface area contributed by atoms with Gasteiger partial charge in [0.25, 0.3) is 0 Å². The van der Waals surface area contributed by atoms with Crippen molar-refractivity contribution < 1.29 is 9.53 Å². The van der Waals surface area contributed by atoms with Crippen LogP contribution in [0.15, 0.2) is 0 Å². The van der Waals surface area contributed by atoms with Gasteiger partial charge in [-0.2, -0.15) is 0 Å². The second-order valence-corrected chi connectivity index (χ2v) is 8.92. The van der Waals surface area contributed by atoms with E-state index in [0.717, 1.165) is 31.3 Å². The second kappa shape index (κ2) is 6.62. The fraction of sp³-hybridized carbons (Fsp3) is 0.947. The molecule has 132 valence electrons. The number of hydrogen-bond acceptors (Lipinski definition) is 3. The molecular formula is C19H34N2O2. The molecule has 1 heterocycles. The van der Waals surface area contributed by atoms with Crippen molar-refractivity contribution in [3.63, 3.8) is 0 Å². The molecule has 4 heteroatoms. The summed E-state index contributed by atoms with van der Waals surface area (Å²) < 4.78 is 5.68. The molecule has 3 rings (SSSR count). The van der Waals surface area contributed by atoms with Crippen LogP contribution >= 0.6 is 0 Å². The van der Waals surface area contributed by atoms with Crippen LogP contribution in [0.2, 0.25) is 0 Å². The van der Waals surface area contributed by atoms with Gasteiger partial charge in [-0.15, -0.1) is 0 Å². The Morgan fingerprint density at radius 2 is 1.83 bits per heavy atom. The highest BCUT2D eigenvalue weighted by Gasteiger charge is 2.43. The predicted octanol–water partition coefficient (Wildman–Crippen LogP) is 3.94. The zero-order chi connectivity index (χ0) is 16.6. The first-order valence-electron chi connectivity index (χ1n) is 9.61. The zero-order valence-corrected chi connectivity index (χ0v) is 15.3. The summed E-state index contributed by atoms with van der Waals surface area (Å²) in [7, 11) is 0. The van der Waals surface area contributed by atoms with Crippen LogP contribution in [-0.2, 0) is 4.74 Å². The number of carbonyl (C=O) groups is 1. The Balaban J connectivity index is 1.66. The number of rotatable bonds is 3. The lowest BCUT2D eigenvalue weighted by Gasteiger charge is -2.41. The lowest BCUT2D eigenvalue weighted by atomic mass is 9.87. The minimum Gasteiger partial charge on any atom is -0.444 e. The van der Waals surface area contributed by atoms with Crippen LogP contribution in [-0.4, -0.2) is 41.3 Å². The number of nitrogens with one attached hydrogen (secondary N) is 1. The molecule has 5 unspecified atom stereocenters. The maximum atomic E-state index is 12.7. The van der Waals surface area contributed by atoms with Crippen LogP contribution in [0.1, 0.15) is 72.6 Å². The van der Waals surface area contributed by atoms with Gasteiger partial charge < -0.3 is 15.0 Å². The average molecular weight is 322 g/mol. The van der Waals surface area contributed by atoms with Crippen molar-refractivity contribution in [1.29, 1.82) is 0 Å². The van der Waals surface area contributed by atoms with Gasteiger partial charge in [0, 0.05) is 24.7 Å². The highest BCUT2D eigenvalue weighted by atomic mass is 16.6. The molecule has 0 aromatic carbocycles. The Hall–Kier alpha value is -0.770. The van der Waals surface area contributed by atoms with E-state index < -0.39 is 5.60 Å². The van der Waals surface area contributed by atoms with Gasteiger partial charge >= 0.3 is 6.09 Å². The molecule has 1 saturated heterocycles. The summed E-state index contributed by atoms with van der Waals surface area (Å²) in [5, 5.41) is 3.88. The molecule has 1 N–H and O–H groups in total. The summed E-state index contributed by atoms with van der Waals surface area (Å²) in [6.45, 7) is 9.06. The summed E-state index contributed by atoms with van der Waals surface area (Å²) in [6.07, 6.45) is 8.53. The topological polar surface area (TPSA) is 41.6 Å². The Morgan fingerprint density at radius 1 is 1.09 bits per heavy atom. The van der Waals surface area contributed by atoms with Crippen LogP contribution in [0, 0.1) is 11.8 Å². The summed E-state index contributed by atoms with van der Waals surface area (Å²) >= 11 is 0. The van der Waals surface area contributed by atoms with Crippen molar-refractivity contribution in [3.8, 4) is 0 Å². The van der Waals surface area contributed by atoms with E-state index in [1.165, 1.54) is 32.1 Å². The van der Waals surface area contributed by atoms with Crippen molar-refractivity contribution in [1.82, 2.24) is 10.2 Å². The number of nitrogens with zero attached hydrogens (tertiary/aromatic N) is 1. The Bertz CT molecular complexity index is 432. The molecule has 5 atom stereocenters. The molecule has 3 aliphatic rings. The lowest BCUT2D eigenvalue weighted by Crippen LogP contribution is -2.53. The number of piperidine rings is 1. The van der Waals surface area contributed by atoms with Gasteiger partial charge in [0.15, 0.2) is 0 Å². The highest BCUT2D eigenvalue weighted by Crippen LogP contribution is 2.38. The number of amides is 1. The minimum absolute atomic E-state index is 0.104. The lowest BCUT2D eigenvalue weighted by molar-refractivity contribution is -0.000155. The van der Waals surface area contributed by atoms with E-state index in [1.54, 1.807) is 0 Å². The van der Waals surface area contributed by atoms with E-state index in [2.05, 4.69) is 17.1 Å². The molecule has 0 bridgehead atoms. The van der Waals surface area contributed by atoms with Crippen LogP contribution < -0.4 is 5.32 Å². The van der Waals surface area contributed by atoms with Gasteiger partial charge in [0.05, 0.1) is 0 Å². The van der Waals surface area contributed by atoms with Crippen molar-refractivity contribution in [2.45, 2.75) is 96.4 Å². The zero-order valence-electron chi connectivity index (χ0n) is 15.3. The van der Waals surface area contributed by atoms with Crippen LogP contribution in [0.4, 0.5) is 4.79 Å².